The maximum atomic E-state index is 10.7. The van der Waals surface area contributed by atoms with Gasteiger partial charge in [0.2, 0.25) is 0 Å². The lowest BCUT2D eigenvalue weighted by atomic mass is 10.2. The van der Waals surface area contributed by atoms with Crippen LogP contribution in [0.3, 0.4) is 0 Å². The number of nitrogens with zero attached hydrogens (tertiary/aromatic N) is 1. The molecule has 74 valence electrons. The number of methoxy groups -OCH3 is 1. The first-order valence-electron chi connectivity index (χ1n) is 3.95. The predicted octanol–water partition coefficient (Wildman–Crippen LogP) is 0.553. The van der Waals surface area contributed by atoms with Crippen LogP contribution in [0.25, 0.3) is 6.08 Å². The Hall–Kier alpha value is -1.88. The normalized spacial score (nSPS) is 10.1. The zero-order valence-electron chi connectivity index (χ0n) is 7.73. The third-order valence-electron chi connectivity index (χ3n) is 1.55. The Bertz CT molecular complexity index is 332. The third-order valence-corrected chi connectivity index (χ3v) is 1.55. The Labute approximate surface area is 81.6 Å². The fourth-order valence-electron chi connectivity index (χ4n) is 0.822. The standard InChI is InChI=1S/C9H11N3O2/c1-14-9(13)5-3-7-2-4-8(12-10)11-6-7/h2-6H,10H2,1H3,(H,11,12). The lowest BCUT2D eigenvalue weighted by Crippen LogP contribution is -2.07. The monoisotopic (exact) mass is 193 g/mol. The molecule has 0 saturated heterocycles. The van der Waals surface area contributed by atoms with Crippen LogP contribution in [0, 0.1) is 0 Å². The number of ether oxygens (including phenoxy) is 1. The van der Waals surface area contributed by atoms with E-state index in [0.29, 0.717) is 5.82 Å². The summed E-state index contributed by atoms with van der Waals surface area (Å²) in [5.41, 5.74) is 3.20. The molecule has 0 saturated carbocycles. The quantitative estimate of drug-likeness (QED) is 0.317. The summed E-state index contributed by atoms with van der Waals surface area (Å²) in [6, 6.07) is 3.48. The number of anilines is 1. The molecule has 5 heteroatoms. The van der Waals surface area contributed by atoms with Crippen LogP contribution in [0.2, 0.25) is 0 Å². The number of nitrogen functional groups attached to an aromatic ring is 1. The van der Waals surface area contributed by atoms with E-state index in [9.17, 15) is 4.79 Å². The van der Waals surface area contributed by atoms with Crippen molar-refractivity contribution in [3.8, 4) is 0 Å². The predicted molar refractivity (Wildman–Crippen MR) is 53.1 cm³/mol. The Morgan fingerprint density at radius 2 is 2.43 bits per heavy atom. The van der Waals surface area contributed by atoms with Crippen LogP contribution in [-0.4, -0.2) is 18.1 Å². The van der Waals surface area contributed by atoms with E-state index in [1.54, 1.807) is 24.4 Å². The highest BCUT2D eigenvalue weighted by molar-refractivity contribution is 5.86. The van der Waals surface area contributed by atoms with Crippen molar-refractivity contribution in [2.24, 2.45) is 5.84 Å². The molecular formula is C9H11N3O2. The summed E-state index contributed by atoms with van der Waals surface area (Å²) < 4.78 is 4.44. The fourth-order valence-corrected chi connectivity index (χ4v) is 0.822. The molecule has 0 fully saturated rings. The topological polar surface area (TPSA) is 77.2 Å². The Balaban J connectivity index is 2.68. The average Bonchev–Trinajstić information content (AvgIpc) is 2.26. The SMILES string of the molecule is COC(=O)C=Cc1ccc(NN)nc1. The summed E-state index contributed by atoms with van der Waals surface area (Å²) in [5.74, 6) is 5.31. The lowest BCUT2D eigenvalue weighted by Gasteiger charge is -1.97. The summed E-state index contributed by atoms with van der Waals surface area (Å²) in [6.07, 6.45) is 4.53. The zero-order chi connectivity index (χ0) is 10.4. The van der Waals surface area contributed by atoms with Crippen LogP contribution in [0.4, 0.5) is 5.82 Å². The van der Waals surface area contributed by atoms with Crippen molar-refractivity contribution in [3.05, 3.63) is 30.0 Å². The molecule has 1 rings (SSSR count). The van der Waals surface area contributed by atoms with Gasteiger partial charge in [-0.05, 0) is 23.8 Å². The maximum Gasteiger partial charge on any atom is 0.330 e. The number of rotatable bonds is 3. The second-order valence-electron chi connectivity index (χ2n) is 2.48. The zero-order valence-corrected chi connectivity index (χ0v) is 7.73. The number of nitrogens with two attached hydrogens (primary N) is 1. The van der Waals surface area contributed by atoms with Crippen LogP contribution >= 0.6 is 0 Å². The maximum absolute atomic E-state index is 10.7. The van der Waals surface area contributed by atoms with Crippen LogP contribution in [0.15, 0.2) is 24.4 Å². The molecule has 0 bridgehead atoms. The van der Waals surface area contributed by atoms with E-state index in [2.05, 4.69) is 15.1 Å². The van der Waals surface area contributed by atoms with Crippen molar-refractivity contribution in [1.29, 1.82) is 0 Å². The fraction of sp³-hybridized carbons (Fsp3) is 0.111. The van der Waals surface area contributed by atoms with E-state index < -0.39 is 5.97 Å². The first kappa shape index (κ1) is 10.2. The first-order chi connectivity index (χ1) is 6.76. The van der Waals surface area contributed by atoms with Crippen molar-refractivity contribution in [2.75, 3.05) is 12.5 Å². The third kappa shape index (κ3) is 2.87. The Morgan fingerprint density at radius 1 is 1.64 bits per heavy atom. The molecular weight excluding hydrogens is 182 g/mol. The number of hydrogen-bond donors (Lipinski definition) is 2. The van der Waals surface area contributed by atoms with Crippen molar-refractivity contribution in [3.63, 3.8) is 0 Å². The van der Waals surface area contributed by atoms with Gasteiger partial charge in [-0.1, -0.05) is 0 Å². The highest BCUT2D eigenvalue weighted by atomic mass is 16.5. The number of aromatic nitrogens is 1. The lowest BCUT2D eigenvalue weighted by molar-refractivity contribution is -0.134. The van der Waals surface area contributed by atoms with Crippen LogP contribution in [0.1, 0.15) is 5.56 Å². The molecule has 3 N–H and O–H groups in total. The summed E-state index contributed by atoms with van der Waals surface area (Å²) in [5, 5.41) is 0. The van der Waals surface area contributed by atoms with E-state index in [1.807, 2.05) is 0 Å². The number of nitrogens with one attached hydrogen (secondary N) is 1. The molecule has 0 aliphatic carbocycles. The van der Waals surface area contributed by atoms with Gasteiger partial charge in [0.25, 0.3) is 0 Å². The minimum atomic E-state index is -0.397. The van der Waals surface area contributed by atoms with Crippen LogP contribution in [-0.2, 0) is 9.53 Å². The van der Waals surface area contributed by atoms with Crippen LogP contribution < -0.4 is 11.3 Å². The minimum Gasteiger partial charge on any atom is -0.466 e. The largest absolute Gasteiger partial charge is 0.466 e. The molecule has 0 aromatic carbocycles. The molecule has 0 unspecified atom stereocenters. The molecule has 0 radical (unpaired) electrons. The summed E-state index contributed by atoms with van der Waals surface area (Å²) in [4.78, 5) is 14.7. The van der Waals surface area contributed by atoms with Crippen molar-refractivity contribution >= 4 is 17.9 Å². The van der Waals surface area contributed by atoms with E-state index in [4.69, 9.17) is 5.84 Å². The van der Waals surface area contributed by atoms with Gasteiger partial charge >= 0.3 is 5.97 Å². The number of carbonyl (C=O) groups is 1. The Morgan fingerprint density at radius 3 is 2.93 bits per heavy atom. The Kier molecular flexibility index (Phi) is 3.63. The number of carbonyl (C=O) groups excluding carboxylic acids is 1. The van der Waals surface area contributed by atoms with Gasteiger partial charge in [-0.2, -0.15) is 0 Å². The van der Waals surface area contributed by atoms with Crippen molar-refractivity contribution < 1.29 is 9.53 Å². The second kappa shape index (κ2) is 4.98. The molecule has 0 amide bonds. The van der Waals surface area contributed by atoms with Gasteiger partial charge in [-0.25, -0.2) is 15.6 Å². The number of hydrazine groups is 1. The molecule has 1 heterocycles. The molecule has 5 nitrogen and oxygen atoms in total. The van der Waals surface area contributed by atoms with Gasteiger partial charge in [-0.3, -0.25) is 0 Å². The first-order valence-corrected chi connectivity index (χ1v) is 3.95. The molecule has 1 aromatic rings. The number of esters is 1. The van der Waals surface area contributed by atoms with Gasteiger partial charge < -0.3 is 10.2 Å². The van der Waals surface area contributed by atoms with Crippen LogP contribution in [0.5, 0.6) is 0 Å². The highest BCUT2D eigenvalue weighted by Crippen LogP contribution is 2.04. The van der Waals surface area contributed by atoms with Gasteiger partial charge in [0, 0.05) is 12.3 Å². The van der Waals surface area contributed by atoms with E-state index in [-0.39, 0.29) is 0 Å². The molecule has 0 atom stereocenters. The van der Waals surface area contributed by atoms with Gasteiger partial charge in [0.15, 0.2) is 0 Å². The smallest absolute Gasteiger partial charge is 0.330 e. The molecule has 1 aromatic heterocycles. The van der Waals surface area contributed by atoms with Crippen molar-refractivity contribution in [2.45, 2.75) is 0 Å². The summed E-state index contributed by atoms with van der Waals surface area (Å²) in [7, 11) is 1.33. The number of pyridine rings is 1. The number of hydrogen-bond acceptors (Lipinski definition) is 5. The summed E-state index contributed by atoms with van der Waals surface area (Å²) >= 11 is 0. The molecule has 0 aliphatic rings. The minimum absolute atomic E-state index is 0.397. The highest BCUT2D eigenvalue weighted by Gasteiger charge is 1.93. The van der Waals surface area contributed by atoms with E-state index >= 15 is 0 Å². The summed E-state index contributed by atoms with van der Waals surface area (Å²) in [6.45, 7) is 0. The molecule has 0 aliphatic heterocycles. The van der Waals surface area contributed by atoms with Gasteiger partial charge in [-0.15, -0.1) is 0 Å². The van der Waals surface area contributed by atoms with Gasteiger partial charge in [0.05, 0.1) is 7.11 Å². The van der Waals surface area contributed by atoms with Gasteiger partial charge in [0.1, 0.15) is 5.82 Å². The van der Waals surface area contributed by atoms with E-state index in [1.165, 1.54) is 13.2 Å². The van der Waals surface area contributed by atoms with Crippen molar-refractivity contribution in [1.82, 2.24) is 4.98 Å². The molecule has 14 heavy (non-hydrogen) atoms. The van der Waals surface area contributed by atoms with E-state index in [0.717, 1.165) is 5.56 Å². The molecule has 0 spiro atoms. The second-order valence-corrected chi connectivity index (χ2v) is 2.48. The average molecular weight is 193 g/mol.